The van der Waals surface area contributed by atoms with E-state index in [0.717, 1.165) is 24.2 Å². The minimum atomic E-state index is 0.657. The Morgan fingerprint density at radius 3 is 2.61 bits per heavy atom. The Morgan fingerprint density at radius 1 is 1.06 bits per heavy atom. The van der Waals surface area contributed by atoms with Crippen LogP contribution in [0, 0.1) is 13.8 Å². The Hall–Kier alpha value is -1.74. The second kappa shape index (κ2) is 5.74. The second-order valence-electron chi connectivity index (χ2n) is 4.56. The third-order valence-corrected chi connectivity index (χ3v) is 3.13. The van der Waals surface area contributed by atoms with Crippen LogP contribution < -0.4 is 5.73 Å². The maximum atomic E-state index is 5.63. The standard InChI is InChI=1S/C15H19N3/c1-11-3-4-13(12(2)18-11)9-14-6-8-17-10-15(14)5-7-16/h3-4,6,8,10H,5,7,9,16H2,1-2H3. The molecule has 94 valence electrons. The molecule has 0 aliphatic rings. The van der Waals surface area contributed by atoms with E-state index >= 15 is 0 Å². The summed E-state index contributed by atoms with van der Waals surface area (Å²) >= 11 is 0. The molecule has 2 aromatic heterocycles. The molecule has 0 unspecified atom stereocenters. The van der Waals surface area contributed by atoms with Crippen LogP contribution in [0.3, 0.4) is 0 Å². The van der Waals surface area contributed by atoms with Gasteiger partial charge in [0.2, 0.25) is 0 Å². The van der Waals surface area contributed by atoms with Gasteiger partial charge in [-0.3, -0.25) is 9.97 Å². The molecule has 18 heavy (non-hydrogen) atoms. The van der Waals surface area contributed by atoms with Gasteiger partial charge in [-0.2, -0.15) is 0 Å². The number of hydrogen-bond donors (Lipinski definition) is 1. The van der Waals surface area contributed by atoms with Crippen LogP contribution >= 0.6 is 0 Å². The van der Waals surface area contributed by atoms with Gasteiger partial charge >= 0.3 is 0 Å². The smallest absolute Gasteiger partial charge is 0.0411 e. The van der Waals surface area contributed by atoms with Gasteiger partial charge in [0, 0.05) is 23.8 Å². The number of nitrogens with two attached hydrogens (primary N) is 1. The van der Waals surface area contributed by atoms with Crippen LogP contribution in [-0.2, 0) is 12.8 Å². The van der Waals surface area contributed by atoms with Crippen LogP contribution in [0.4, 0.5) is 0 Å². The lowest BCUT2D eigenvalue weighted by atomic mass is 9.99. The third kappa shape index (κ3) is 2.93. The molecule has 3 heteroatoms. The number of aryl methyl sites for hydroxylation is 2. The van der Waals surface area contributed by atoms with E-state index in [-0.39, 0.29) is 0 Å². The van der Waals surface area contributed by atoms with E-state index in [1.807, 2.05) is 19.3 Å². The summed E-state index contributed by atoms with van der Waals surface area (Å²) in [4.78, 5) is 8.68. The first-order chi connectivity index (χ1) is 8.70. The van der Waals surface area contributed by atoms with Crippen LogP contribution in [0.25, 0.3) is 0 Å². The number of aromatic nitrogens is 2. The normalized spacial score (nSPS) is 10.6. The van der Waals surface area contributed by atoms with Crippen LogP contribution in [-0.4, -0.2) is 16.5 Å². The number of nitrogens with zero attached hydrogens (tertiary/aromatic N) is 2. The molecule has 0 aliphatic carbocycles. The number of pyridine rings is 2. The molecule has 0 fully saturated rings. The van der Waals surface area contributed by atoms with Crippen molar-refractivity contribution >= 4 is 0 Å². The molecule has 0 atom stereocenters. The van der Waals surface area contributed by atoms with Gasteiger partial charge in [-0.1, -0.05) is 6.07 Å². The highest BCUT2D eigenvalue weighted by molar-refractivity contribution is 5.33. The van der Waals surface area contributed by atoms with E-state index in [0.29, 0.717) is 6.54 Å². The second-order valence-corrected chi connectivity index (χ2v) is 4.56. The van der Waals surface area contributed by atoms with Crippen molar-refractivity contribution in [2.24, 2.45) is 5.73 Å². The summed E-state index contributed by atoms with van der Waals surface area (Å²) in [6.07, 6.45) is 5.53. The summed E-state index contributed by atoms with van der Waals surface area (Å²) in [7, 11) is 0. The molecule has 0 bridgehead atoms. The van der Waals surface area contributed by atoms with Crippen molar-refractivity contribution in [2.45, 2.75) is 26.7 Å². The van der Waals surface area contributed by atoms with E-state index in [4.69, 9.17) is 5.73 Å². The largest absolute Gasteiger partial charge is 0.330 e. The molecule has 0 saturated carbocycles. The Morgan fingerprint density at radius 2 is 1.89 bits per heavy atom. The molecule has 2 aromatic rings. The number of rotatable bonds is 4. The minimum Gasteiger partial charge on any atom is -0.330 e. The van der Waals surface area contributed by atoms with Gasteiger partial charge in [-0.05, 0) is 62.1 Å². The molecular formula is C15H19N3. The minimum absolute atomic E-state index is 0.657. The lowest BCUT2D eigenvalue weighted by Crippen LogP contribution is -2.06. The Labute approximate surface area is 108 Å². The lowest BCUT2D eigenvalue weighted by molar-refractivity contribution is 0.928. The van der Waals surface area contributed by atoms with Crippen LogP contribution in [0.1, 0.15) is 28.1 Å². The maximum absolute atomic E-state index is 5.63. The average molecular weight is 241 g/mol. The predicted octanol–water partition coefficient (Wildman–Crippen LogP) is 2.19. The molecular weight excluding hydrogens is 222 g/mol. The van der Waals surface area contributed by atoms with Crippen molar-refractivity contribution < 1.29 is 0 Å². The quantitative estimate of drug-likeness (QED) is 0.892. The lowest BCUT2D eigenvalue weighted by Gasteiger charge is -2.10. The summed E-state index contributed by atoms with van der Waals surface area (Å²) in [5, 5.41) is 0. The molecule has 0 aliphatic heterocycles. The van der Waals surface area contributed by atoms with E-state index < -0.39 is 0 Å². The summed E-state index contributed by atoms with van der Waals surface area (Å²) in [5.74, 6) is 0. The third-order valence-electron chi connectivity index (χ3n) is 3.13. The van der Waals surface area contributed by atoms with Crippen LogP contribution in [0.2, 0.25) is 0 Å². The van der Waals surface area contributed by atoms with E-state index in [1.165, 1.54) is 16.7 Å². The first-order valence-electron chi connectivity index (χ1n) is 6.25. The highest BCUT2D eigenvalue weighted by atomic mass is 14.7. The average Bonchev–Trinajstić information content (AvgIpc) is 2.35. The van der Waals surface area contributed by atoms with Gasteiger partial charge < -0.3 is 5.73 Å². The topological polar surface area (TPSA) is 51.8 Å². The Bertz CT molecular complexity index is 535. The summed E-state index contributed by atoms with van der Waals surface area (Å²) in [6.45, 7) is 4.74. The van der Waals surface area contributed by atoms with E-state index in [1.54, 1.807) is 0 Å². The van der Waals surface area contributed by atoms with Gasteiger partial charge in [-0.25, -0.2) is 0 Å². The fraction of sp³-hybridized carbons (Fsp3) is 0.333. The monoisotopic (exact) mass is 241 g/mol. The molecule has 3 nitrogen and oxygen atoms in total. The zero-order valence-corrected chi connectivity index (χ0v) is 11.0. The van der Waals surface area contributed by atoms with Crippen molar-refractivity contribution in [1.29, 1.82) is 0 Å². The van der Waals surface area contributed by atoms with Crippen LogP contribution in [0.5, 0.6) is 0 Å². The zero-order chi connectivity index (χ0) is 13.0. The highest BCUT2D eigenvalue weighted by Gasteiger charge is 2.06. The first kappa shape index (κ1) is 12.7. The van der Waals surface area contributed by atoms with Crippen molar-refractivity contribution in [3.8, 4) is 0 Å². The van der Waals surface area contributed by atoms with E-state index in [9.17, 15) is 0 Å². The maximum Gasteiger partial charge on any atom is 0.0411 e. The summed E-state index contributed by atoms with van der Waals surface area (Å²) in [5.41, 5.74) is 11.6. The van der Waals surface area contributed by atoms with Crippen molar-refractivity contribution in [3.05, 3.63) is 58.7 Å². The molecule has 0 saturated heterocycles. The van der Waals surface area contributed by atoms with Gasteiger partial charge in [0.05, 0.1) is 0 Å². The zero-order valence-electron chi connectivity index (χ0n) is 11.0. The van der Waals surface area contributed by atoms with Crippen molar-refractivity contribution in [3.63, 3.8) is 0 Å². The van der Waals surface area contributed by atoms with Crippen molar-refractivity contribution in [2.75, 3.05) is 6.54 Å². The molecule has 0 radical (unpaired) electrons. The molecule has 0 aromatic carbocycles. The summed E-state index contributed by atoms with van der Waals surface area (Å²) < 4.78 is 0. The van der Waals surface area contributed by atoms with Gasteiger partial charge in [-0.15, -0.1) is 0 Å². The highest BCUT2D eigenvalue weighted by Crippen LogP contribution is 2.16. The molecule has 0 spiro atoms. The molecule has 0 amide bonds. The van der Waals surface area contributed by atoms with Gasteiger partial charge in [0.25, 0.3) is 0 Å². The fourth-order valence-electron chi connectivity index (χ4n) is 2.12. The molecule has 2 heterocycles. The fourth-order valence-corrected chi connectivity index (χ4v) is 2.12. The number of hydrogen-bond acceptors (Lipinski definition) is 3. The SMILES string of the molecule is Cc1ccc(Cc2ccncc2CCN)c(C)n1. The molecule has 2 N–H and O–H groups in total. The molecule has 2 rings (SSSR count). The van der Waals surface area contributed by atoms with Gasteiger partial charge in [0.1, 0.15) is 0 Å². The first-order valence-corrected chi connectivity index (χ1v) is 6.25. The van der Waals surface area contributed by atoms with Crippen molar-refractivity contribution in [1.82, 2.24) is 9.97 Å². The Kier molecular flexibility index (Phi) is 4.05. The summed E-state index contributed by atoms with van der Waals surface area (Å²) in [6, 6.07) is 6.29. The van der Waals surface area contributed by atoms with Gasteiger partial charge in [0.15, 0.2) is 0 Å². The predicted molar refractivity (Wildman–Crippen MR) is 73.5 cm³/mol. The van der Waals surface area contributed by atoms with E-state index in [2.05, 4.69) is 35.1 Å². The van der Waals surface area contributed by atoms with Crippen LogP contribution in [0.15, 0.2) is 30.6 Å². The Balaban J connectivity index is 2.28.